The molecule has 1 aromatic rings. The molecule has 1 fully saturated rings. The summed E-state index contributed by atoms with van der Waals surface area (Å²) >= 11 is 0. The quantitative estimate of drug-likeness (QED) is 0.798. The Bertz CT molecular complexity index is 402. The maximum atomic E-state index is 3.66. The molecule has 1 aromatic carbocycles. The van der Waals surface area contributed by atoms with Crippen molar-refractivity contribution in [2.45, 2.75) is 59.4 Å². The van der Waals surface area contributed by atoms with Gasteiger partial charge in [0, 0.05) is 12.6 Å². The number of rotatable bonds is 6. The van der Waals surface area contributed by atoms with E-state index in [1.165, 1.54) is 42.4 Å². The summed E-state index contributed by atoms with van der Waals surface area (Å²) in [6.45, 7) is 10.3. The van der Waals surface area contributed by atoms with Crippen molar-refractivity contribution in [2.24, 2.45) is 5.41 Å². The van der Waals surface area contributed by atoms with Gasteiger partial charge in [-0.05, 0) is 56.1 Å². The number of hydrogen-bond acceptors (Lipinski definition) is 1. The summed E-state index contributed by atoms with van der Waals surface area (Å²) in [5, 5.41) is 3.66. The van der Waals surface area contributed by atoms with Crippen LogP contribution in [0.1, 0.15) is 49.8 Å². The molecule has 0 heterocycles. The van der Waals surface area contributed by atoms with Crippen LogP contribution in [0.15, 0.2) is 18.2 Å². The zero-order chi connectivity index (χ0) is 13.2. The van der Waals surface area contributed by atoms with Gasteiger partial charge in [0.05, 0.1) is 0 Å². The van der Waals surface area contributed by atoms with Crippen molar-refractivity contribution in [3.05, 3.63) is 34.9 Å². The Morgan fingerprint density at radius 3 is 2.61 bits per heavy atom. The van der Waals surface area contributed by atoms with Crippen LogP contribution in [-0.4, -0.2) is 12.6 Å². The molecule has 0 aromatic heterocycles. The number of aryl methyl sites for hydroxylation is 3. The van der Waals surface area contributed by atoms with Gasteiger partial charge in [-0.25, -0.2) is 0 Å². The molecule has 0 aliphatic heterocycles. The van der Waals surface area contributed by atoms with Crippen molar-refractivity contribution < 1.29 is 0 Å². The third-order valence-corrected chi connectivity index (χ3v) is 4.02. The third-order valence-electron chi connectivity index (χ3n) is 4.02. The minimum Gasteiger partial charge on any atom is -0.313 e. The lowest BCUT2D eigenvalue weighted by Crippen LogP contribution is -2.31. The van der Waals surface area contributed by atoms with Crippen molar-refractivity contribution in [3.8, 4) is 0 Å². The molecule has 0 amide bonds. The molecule has 1 aliphatic carbocycles. The van der Waals surface area contributed by atoms with E-state index in [-0.39, 0.29) is 0 Å². The third kappa shape index (κ3) is 4.13. The number of benzene rings is 1. The van der Waals surface area contributed by atoms with Crippen molar-refractivity contribution in [2.75, 3.05) is 6.54 Å². The van der Waals surface area contributed by atoms with Crippen molar-refractivity contribution in [1.29, 1.82) is 0 Å². The summed E-state index contributed by atoms with van der Waals surface area (Å²) in [5.41, 5.74) is 4.74. The lowest BCUT2D eigenvalue weighted by atomic mass is 9.85. The van der Waals surface area contributed by atoms with Gasteiger partial charge in [-0.15, -0.1) is 0 Å². The largest absolute Gasteiger partial charge is 0.313 e. The molecule has 100 valence electrons. The van der Waals surface area contributed by atoms with Crippen molar-refractivity contribution in [1.82, 2.24) is 5.32 Å². The first-order chi connectivity index (χ1) is 8.46. The summed E-state index contributed by atoms with van der Waals surface area (Å²) in [6.07, 6.45) is 5.23. The highest BCUT2D eigenvalue weighted by atomic mass is 15.0. The summed E-state index contributed by atoms with van der Waals surface area (Å²) < 4.78 is 0. The number of hydrogen-bond donors (Lipinski definition) is 1. The minimum absolute atomic E-state index is 0.402. The zero-order valence-electron chi connectivity index (χ0n) is 12.3. The Balaban J connectivity index is 1.86. The van der Waals surface area contributed by atoms with Crippen LogP contribution in [0.5, 0.6) is 0 Å². The molecule has 18 heavy (non-hydrogen) atoms. The lowest BCUT2D eigenvalue weighted by molar-refractivity contribution is 0.313. The second-order valence-electron chi connectivity index (χ2n) is 6.75. The summed E-state index contributed by atoms with van der Waals surface area (Å²) in [7, 11) is 0. The molecule has 1 nitrogen and oxygen atoms in total. The molecule has 1 saturated carbocycles. The molecule has 0 spiro atoms. The molecular weight excluding hydrogens is 218 g/mol. The molecule has 0 bridgehead atoms. The van der Waals surface area contributed by atoms with Gasteiger partial charge in [0.15, 0.2) is 0 Å². The molecule has 1 aliphatic rings. The Morgan fingerprint density at radius 1 is 1.22 bits per heavy atom. The highest BCUT2D eigenvalue weighted by Crippen LogP contribution is 2.26. The van der Waals surface area contributed by atoms with Gasteiger partial charge in [0.25, 0.3) is 0 Å². The van der Waals surface area contributed by atoms with E-state index in [4.69, 9.17) is 0 Å². The van der Waals surface area contributed by atoms with Gasteiger partial charge in [-0.2, -0.15) is 0 Å². The van der Waals surface area contributed by atoms with Crippen molar-refractivity contribution in [3.63, 3.8) is 0 Å². The fourth-order valence-corrected chi connectivity index (χ4v) is 2.34. The highest BCUT2D eigenvalue weighted by Gasteiger charge is 2.25. The topological polar surface area (TPSA) is 12.0 Å². The van der Waals surface area contributed by atoms with E-state index in [9.17, 15) is 0 Å². The first-order valence-corrected chi connectivity index (χ1v) is 7.26. The summed E-state index contributed by atoms with van der Waals surface area (Å²) in [4.78, 5) is 0. The second-order valence-corrected chi connectivity index (χ2v) is 6.75. The van der Waals surface area contributed by atoms with E-state index >= 15 is 0 Å². The van der Waals surface area contributed by atoms with Gasteiger partial charge in [-0.1, -0.05) is 37.6 Å². The average Bonchev–Trinajstić information content (AvgIpc) is 3.12. The van der Waals surface area contributed by atoms with Crippen LogP contribution < -0.4 is 5.32 Å². The van der Waals surface area contributed by atoms with E-state index in [1.807, 2.05) is 0 Å². The van der Waals surface area contributed by atoms with Gasteiger partial charge < -0.3 is 5.32 Å². The standard InChI is InChI=1S/C17H27N/c1-13-5-6-14(2)15(11-13)9-10-17(3,4)12-18-16-7-8-16/h5-6,11,16,18H,7-10,12H2,1-4H3. The average molecular weight is 245 g/mol. The predicted octanol–water partition coefficient (Wildman–Crippen LogP) is 4.01. The van der Waals surface area contributed by atoms with Crippen LogP contribution in [0.3, 0.4) is 0 Å². The predicted molar refractivity (Wildman–Crippen MR) is 79.0 cm³/mol. The van der Waals surface area contributed by atoms with Gasteiger partial charge in [0.2, 0.25) is 0 Å². The molecule has 0 unspecified atom stereocenters. The van der Waals surface area contributed by atoms with E-state index in [0.29, 0.717) is 5.41 Å². The van der Waals surface area contributed by atoms with Gasteiger partial charge >= 0.3 is 0 Å². The van der Waals surface area contributed by atoms with Gasteiger partial charge in [0.1, 0.15) is 0 Å². The monoisotopic (exact) mass is 245 g/mol. The Kier molecular flexibility index (Phi) is 4.11. The first-order valence-electron chi connectivity index (χ1n) is 7.26. The van der Waals surface area contributed by atoms with Crippen LogP contribution >= 0.6 is 0 Å². The molecule has 0 atom stereocenters. The highest BCUT2D eigenvalue weighted by molar-refractivity contribution is 5.30. The maximum Gasteiger partial charge on any atom is 0.00684 e. The van der Waals surface area contributed by atoms with E-state index in [0.717, 1.165) is 12.6 Å². The molecule has 1 N–H and O–H groups in total. The Morgan fingerprint density at radius 2 is 1.94 bits per heavy atom. The fourth-order valence-electron chi connectivity index (χ4n) is 2.34. The SMILES string of the molecule is Cc1ccc(C)c(CCC(C)(C)CNC2CC2)c1. The Hall–Kier alpha value is -0.820. The maximum absolute atomic E-state index is 3.66. The summed E-state index contributed by atoms with van der Waals surface area (Å²) in [6, 6.07) is 7.63. The molecule has 0 radical (unpaired) electrons. The minimum atomic E-state index is 0.402. The smallest absolute Gasteiger partial charge is 0.00684 e. The molecule has 2 rings (SSSR count). The molecular formula is C17H27N. The second kappa shape index (κ2) is 5.44. The van der Waals surface area contributed by atoms with E-state index in [1.54, 1.807) is 0 Å². The lowest BCUT2D eigenvalue weighted by Gasteiger charge is -2.25. The fraction of sp³-hybridized carbons (Fsp3) is 0.647. The van der Waals surface area contributed by atoms with E-state index in [2.05, 4.69) is 51.2 Å². The van der Waals surface area contributed by atoms with Crippen LogP contribution in [-0.2, 0) is 6.42 Å². The number of nitrogens with one attached hydrogen (secondary N) is 1. The van der Waals surface area contributed by atoms with Crippen molar-refractivity contribution >= 4 is 0 Å². The summed E-state index contributed by atoms with van der Waals surface area (Å²) in [5.74, 6) is 0. The van der Waals surface area contributed by atoms with Gasteiger partial charge in [-0.3, -0.25) is 0 Å². The normalized spacial score (nSPS) is 16.0. The Labute approximate surface area is 112 Å². The van der Waals surface area contributed by atoms with Crippen LogP contribution in [0.4, 0.5) is 0 Å². The zero-order valence-corrected chi connectivity index (χ0v) is 12.3. The molecule has 0 saturated heterocycles. The van der Waals surface area contributed by atoms with E-state index < -0.39 is 0 Å². The van der Waals surface area contributed by atoms with Crippen LogP contribution in [0, 0.1) is 19.3 Å². The van der Waals surface area contributed by atoms with Crippen LogP contribution in [0.25, 0.3) is 0 Å². The molecule has 1 heteroatoms. The van der Waals surface area contributed by atoms with Crippen LogP contribution in [0.2, 0.25) is 0 Å². The first kappa shape index (κ1) is 13.6.